The summed E-state index contributed by atoms with van der Waals surface area (Å²) in [6.07, 6.45) is 0. The maximum atomic E-state index is 12.5. The van der Waals surface area contributed by atoms with Gasteiger partial charge in [-0.05, 0) is 38.8 Å². The van der Waals surface area contributed by atoms with Crippen molar-refractivity contribution in [3.63, 3.8) is 0 Å². The van der Waals surface area contributed by atoms with Crippen LogP contribution in [0.3, 0.4) is 0 Å². The second kappa shape index (κ2) is 8.67. The van der Waals surface area contributed by atoms with Gasteiger partial charge in [-0.3, -0.25) is 4.79 Å². The van der Waals surface area contributed by atoms with Gasteiger partial charge in [0.1, 0.15) is 17.2 Å². The molecule has 0 spiro atoms. The van der Waals surface area contributed by atoms with Gasteiger partial charge < -0.3 is 10.2 Å². The Kier molecular flexibility index (Phi) is 6.27. The maximum Gasteiger partial charge on any atom is 0.279 e. The van der Waals surface area contributed by atoms with E-state index in [2.05, 4.69) is 60.9 Å². The average molecular weight is 395 g/mol. The monoisotopic (exact) mass is 394 g/mol. The summed E-state index contributed by atoms with van der Waals surface area (Å²) in [6.45, 7) is 9.36. The van der Waals surface area contributed by atoms with Crippen molar-refractivity contribution in [3.8, 4) is 10.6 Å². The first-order valence-electron chi connectivity index (χ1n) is 9.52. The Hall–Kier alpha value is -2.50. The number of aryl methyl sites for hydroxylation is 4. The van der Waals surface area contributed by atoms with E-state index in [-0.39, 0.29) is 5.91 Å². The van der Waals surface area contributed by atoms with Gasteiger partial charge in [0.2, 0.25) is 0 Å². The van der Waals surface area contributed by atoms with E-state index in [1.807, 2.05) is 20.9 Å². The fourth-order valence-electron chi connectivity index (χ4n) is 3.42. The van der Waals surface area contributed by atoms with Gasteiger partial charge >= 0.3 is 0 Å². The van der Waals surface area contributed by atoms with Gasteiger partial charge in [-0.1, -0.05) is 47.5 Å². The molecule has 1 aromatic heterocycles. The fourth-order valence-corrected chi connectivity index (χ4v) is 4.25. The third-order valence-electron chi connectivity index (χ3n) is 4.74. The summed E-state index contributed by atoms with van der Waals surface area (Å²) >= 11 is 1.65. The third kappa shape index (κ3) is 5.06. The molecule has 0 fully saturated rings. The van der Waals surface area contributed by atoms with Crippen LogP contribution in [0.4, 0.5) is 5.69 Å². The zero-order valence-electron chi connectivity index (χ0n) is 17.2. The number of anilines is 1. The number of amides is 1. The second-order valence-corrected chi connectivity index (χ2v) is 8.50. The number of hydrogen-bond donors (Lipinski definition) is 2. The Balaban J connectivity index is 1.59. The van der Waals surface area contributed by atoms with E-state index in [1.54, 1.807) is 11.3 Å². The molecule has 0 aliphatic carbocycles. The zero-order valence-corrected chi connectivity index (χ0v) is 18.0. The summed E-state index contributed by atoms with van der Waals surface area (Å²) in [6, 6.07) is 12.6. The van der Waals surface area contributed by atoms with E-state index in [0.717, 1.165) is 44.5 Å². The van der Waals surface area contributed by atoms with E-state index < -0.39 is 0 Å². The first-order chi connectivity index (χ1) is 13.3. The van der Waals surface area contributed by atoms with Gasteiger partial charge in [0.25, 0.3) is 5.91 Å². The predicted octanol–water partition coefficient (Wildman–Crippen LogP) is 3.70. The number of carbonyl (C=O) groups is 1. The number of thiazole rings is 1. The highest BCUT2D eigenvalue weighted by molar-refractivity contribution is 7.13. The number of quaternary nitrogens is 1. The second-order valence-electron chi connectivity index (χ2n) is 7.64. The van der Waals surface area contributed by atoms with Crippen LogP contribution in [-0.4, -0.2) is 24.5 Å². The van der Waals surface area contributed by atoms with E-state index in [0.29, 0.717) is 6.54 Å². The van der Waals surface area contributed by atoms with Crippen LogP contribution >= 0.6 is 11.3 Å². The maximum absolute atomic E-state index is 12.5. The highest BCUT2D eigenvalue weighted by atomic mass is 32.1. The molecule has 146 valence electrons. The minimum Gasteiger partial charge on any atom is -0.325 e. The Morgan fingerprint density at radius 1 is 1.04 bits per heavy atom. The van der Waals surface area contributed by atoms with E-state index in [9.17, 15) is 4.79 Å². The molecular weight excluding hydrogens is 366 g/mol. The molecule has 0 bridgehead atoms. The van der Waals surface area contributed by atoms with Crippen molar-refractivity contribution in [2.75, 3.05) is 18.9 Å². The topological polar surface area (TPSA) is 46.4 Å². The van der Waals surface area contributed by atoms with Gasteiger partial charge in [0, 0.05) is 16.6 Å². The largest absolute Gasteiger partial charge is 0.325 e. The Bertz CT molecular complexity index is 953. The molecule has 0 aliphatic heterocycles. The molecule has 1 atom stereocenters. The van der Waals surface area contributed by atoms with Crippen LogP contribution in [0.5, 0.6) is 0 Å². The number of nitrogens with zero attached hydrogens (tertiary/aromatic N) is 1. The summed E-state index contributed by atoms with van der Waals surface area (Å²) in [7, 11) is 2.03. The lowest BCUT2D eigenvalue weighted by Gasteiger charge is -2.15. The molecule has 1 heterocycles. The number of aromatic nitrogens is 1. The first-order valence-corrected chi connectivity index (χ1v) is 10.4. The quantitative estimate of drug-likeness (QED) is 0.670. The molecule has 0 aliphatic rings. The van der Waals surface area contributed by atoms with Crippen LogP contribution in [0, 0.1) is 27.7 Å². The van der Waals surface area contributed by atoms with Crippen molar-refractivity contribution >= 4 is 22.9 Å². The lowest BCUT2D eigenvalue weighted by molar-refractivity contribution is -0.885. The lowest BCUT2D eigenvalue weighted by Crippen LogP contribution is -3.08. The number of carbonyl (C=O) groups excluding carboxylic acids is 1. The fraction of sp³-hybridized carbons (Fsp3) is 0.304. The molecule has 2 N–H and O–H groups in total. The highest BCUT2D eigenvalue weighted by Gasteiger charge is 2.15. The van der Waals surface area contributed by atoms with Crippen molar-refractivity contribution in [2.24, 2.45) is 0 Å². The molecule has 1 amide bonds. The third-order valence-corrected chi connectivity index (χ3v) is 5.68. The van der Waals surface area contributed by atoms with Crippen molar-refractivity contribution in [2.45, 2.75) is 34.2 Å². The van der Waals surface area contributed by atoms with E-state index >= 15 is 0 Å². The highest BCUT2D eigenvalue weighted by Crippen LogP contribution is 2.24. The molecule has 0 saturated heterocycles. The summed E-state index contributed by atoms with van der Waals surface area (Å²) in [5.41, 5.74) is 7.75. The van der Waals surface area contributed by atoms with Crippen molar-refractivity contribution in [1.82, 2.24) is 4.98 Å². The van der Waals surface area contributed by atoms with Crippen LogP contribution in [0.1, 0.15) is 27.9 Å². The standard InChI is InChI=1S/C23H27N3OS/c1-15-6-8-19(9-7-15)23-24-20(14-28-23)12-26(5)13-21(27)25-22-17(3)10-16(2)11-18(22)4/h6-11,14H,12-13H2,1-5H3,(H,25,27)/p+1. The number of hydrogen-bond acceptors (Lipinski definition) is 3. The molecule has 28 heavy (non-hydrogen) atoms. The van der Waals surface area contributed by atoms with Crippen LogP contribution in [0.25, 0.3) is 10.6 Å². The van der Waals surface area contributed by atoms with Gasteiger partial charge in [-0.25, -0.2) is 4.98 Å². The normalized spacial score (nSPS) is 12.0. The molecule has 4 nitrogen and oxygen atoms in total. The zero-order chi connectivity index (χ0) is 20.3. The number of rotatable bonds is 6. The summed E-state index contributed by atoms with van der Waals surface area (Å²) in [4.78, 5) is 18.4. The predicted molar refractivity (Wildman–Crippen MR) is 117 cm³/mol. The van der Waals surface area contributed by atoms with E-state index in [1.165, 1.54) is 11.1 Å². The van der Waals surface area contributed by atoms with Gasteiger partial charge in [0.15, 0.2) is 6.54 Å². The molecule has 5 heteroatoms. The minimum atomic E-state index is 0.0292. The van der Waals surface area contributed by atoms with Crippen LogP contribution in [0.2, 0.25) is 0 Å². The van der Waals surface area contributed by atoms with E-state index in [4.69, 9.17) is 4.98 Å². The summed E-state index contributed by atoms with van der Waals surface area (Å²) in [5.74, 6) is 0.0292. The van der Waals surface area contributed by atoms with Crippen molar-refractivity contribution in [3.05, 3.63) is 69.7 Å². The van der Waals surface area contributed by atoms with Crippen molar-refractivity contribution < 1.29 is 9.69 Å². The Morgan fingerprint density at radius 2 is 1.68 bits per heavy atom. The number of benzene rings is 2. The molecule has 3 aromatic rings. The Morgan fingerprint density at radius 3 is 2.32 bits per heavy atom. The summed E-state index contributed by atoms with van der Waals surface area (Å²) < 4.78 is 0. The van der Waals surface area contributed by atoms with Gasteiger partial charge in [-0.2, -0.15) is 0 Å². The van der Waals surface area contributed by atoms with Gasteiger partial charge in [0.05, 0.1) is 7.05 Å². The summed E-state index contributed by atoms with van der Waals surface area (Å²) in [5, 5.41) is 6.20. The molecular formula is C23H28N3OS+. The molecule has 0 saturated carbocycles. The van der Waals surface area contributed by atoms with Crippen LogP contribution in [0.15, 0.2) is 41.8 Å². The van der Waals surface area contributed by atoms with Crippen molar-refractivity contribution in [1.29, 1.82) is 0 Å². The smallest absolute Gasteiger partial charge is 0.279 e. The molecule has 2 aromatic carbocycles. The average Bonchev–Trinajstić information content (AvgIpc) is 3.07. The van der Waals surface area contributed by atoms with Gasteiger partial charge in [-0.15, -0.1) is 11.3 Å². The number of nitrogens with one attached hydrogen (secondary N) is 2. The SMILES string of the molecule is Cc1ccc(-c2nc(C[NH+](C)CC(=O)Nc3c(C)cc(C)cc3C)cs2)cc1. The Labute approximate surface area is 171 Å². The van der Waals surface area contributed by atoms with Crippen LogP contribution in [-0.2, 0) is 11.3 Å². The molecule has 1 unspecified atom stereocenters. The number of likely N-dealkylation sites (N-methyl/N-ethyl adjacent to an activating group) is 1. The van der Waals surface area contributed by atoms with Crippen LogP contribution < -0.4 is 10.2 Å². The molecule has 0 radical (unpaired) electrons. The lowest BCUT2D eigenvalue weighted by atomic mass is 10.1. The minimum absolute atomic E-state index is 0.0292. The molecule has 3 rings (SSSR count). The first kappa shape index (κ1) is 20.2.